The number of benzene rings is 1. The minimum atomic E-state index is -0.0706. The molecule has 0 aromatic heterocycles. The predicted molar refractivity (Wildman–Crippen MR) is 99.2 cm³/mol. The third-order valence-corrected chi connectivity index (χ3v) is 5.81. The molecule has 0 saturated carbocycles. The Hall–Kier alpha value is -1.73. The van der Waals surface area contributed by atoms with Gasteiger partial charge in [-0.25, -0.2) is 0 Å². The van der Waals surface area contributed by atoms with Gasteiger partial charge in [-0.3, -0.25) is 14.9 Å². The number of hydrogen-bond acceptors (Lipinski definition) is 5. The maximum atomic E-state index is 12.9. The monoisotopic (exact) mass is 363 g/mol. The molecular formula is C18H25N3O3S. The van der Waals surface area contributed by atoms with Gasteiger partial charge in [-0.05, 0) is 37.1 Å². The first-order valence-electron chi connectivity index (χ1n) is 8.55. The van der Waals surface area contributed by atoms with Crippen molar-refractivity contribution in [2.24, 2.45) is 0 Å². The zero-order valence-corrected chi connectivity index (χ0v) is 15.8. The summed E-state index contributed by atoms with van der Waals surface area (Å²) in [6, 6.07) is 3.73. The van der Waals surface area contributed by atoms with Crippen molar-refractivity contribution in [1.82, 2.24) is 15.1 Å². The largest absolute Gasteiger partial charge is 0.496 e. The van der Waals surface area contributed by atoms with Gasteiger partial charge in [0, 0.05) is 43.4 Å². The average Bonchev–Trinajstić information content (AvgIpc) is 3.17. The molecule has 136 valence electrons. The molecule has 2 aliphatic heterocycles. The minimum absolute atomic E-state index is 0.0323. The van der Waals surface area contributed by atoms with Gasteiger partial charge in [0.2, 0.25) is 5.91 Å². The van der Waals surface area contributed by atoms with Crippen LogP contribution in [0.3, 0.4) is 0 Å². The number of nitrogens with zero attached hydrogens (tertiary/aromatic N) is 2. The summed E-state index contributed by atoms with van der Waals surface area (Å²) in [5, 5.41) is 3.22. The van der Waals surface area contributed by atoms with Crippen molar-refractivity contribution < 1.29 is 14.3 Å². The molecule has 1 N–H and O–H groups in total. The molecule has 2 heterocycles. The summed E-state index contributed by atoms with van der Waals surface area (Å²) in [5.74, 6) is 2.66. The van der Waals surface area contributed by atoms with E-state index >= 15 is 0 Å². The average molecular weight is 363 g/mol. The first-order valence-corrected chi connectivity index (χ1v) is 9.71. The van der Waals surface area contributed by atoms with Gasteiger partial charge in [0.15, 0.2) is 0 Å². The van der Waals surface area contributed by atoms with Crippen LogP contribution in [0.2, 0.25) is 0 Å². The Bertz CT molecular complexity index is 666. The van der Waals surface area contributed by atoms with E-state index in [4.69, 9.17) is 4.74 Å². The van der Waals surface area contributed by atoms with Crippen LogP contribution >= 0.6 is 11.8 Å². The molecule has 2 aliphatic rings. The number of carbonyl (C=O) groups is 2. The Morgan fingerprint density at radius 2 is 1.80 bits per heavy atom. The van der Waals surface area contributed by atoms with Crippen LogP contribution in [0.1, 0.15) is 21.5 Å². The van der Waals surface area contributed by atoms with Crippen LogP contribution in [0.15, 0.2) is 12.1 Å². The Balaban J connectivity index is 1.63. The van der Waals surface area contributed by atoms with Crippen LogP contribution in [0.5, 0.6) is 5.75 Å². The summed E-state index contributed by atoms with van der Waals surface area (Å²) < 4.78 is 5.32. The van der Waals surface area contributed by atoms with Gasteiger partial charge in [0.1, 0.15) is 5.75 Å². The van der Waals surface area contributed by atoms with Gasteiger partial charge >= 0.3 is 0 Å². The molecule has 25 heavy (non-hydrogen) atoms. The van der Waals surface area contributed by atoms with Crippen molar-refractivity contribution in [2.75, 3.05) is 44.9 Å². The quantitative estimate of drug-likeness (QED) is 0.876. The maximum Gasteiger partial charge on any atom is 0.254 e. The number of aryl methyl sites for hydroxylation is 2. The fourth-order valence-corrected chi connectivity index (χ4v) is 4.25. The first-order chi connectivity index (χ1) is 12.0. The standard InChI is InChI=1S/C18H25N3O3S/c1-12-9-16(24-3)13(2)8-14(12)17(22)20-4-6-21(7-5-20)18(23)15-10-25-11-19-15/h8-9,15,19H,4-7,10-11H2,1-3H3. The number of piperazine rings is 1. The lowest BCUT2D eigenvalue weighted by Gasteiger charge is -2.36. The van der Waals surface area contributed by atoms with Crippen molar-refractivity contribution >= 4 is 23.6 Å². The van der Waals surface area contributed by atoms with Crippen LogP contribution in [-0.2, 0) is 4.79 Å². The van der Waals surface area contributed by atoms with Gasteiger partial charge in [0.05, 0.1) is 13.2 Å². The number of carbonyl (C=O) groups excluding carboxylic acids is 2. The molecule has 1 aromatic carbocycles. The second-order valence-corrected chi connectivity index (χ2v) is 7.56. The first kappa shape index (κ1) is 18.1. The molecule has 2 saturated heterocycles. The predicted octanol–water partition coefficient (Wildman–Crippen LogP) is 1.26. The third kappa shape index (κ3) is 3.77. The maximum absolute atomic E-state index is 12.9. The lowest BCUT2D eigenvalue weighted by molar-refractivity contribution is -0.134. The van der Waals surface area contributed by atoms with Crippen molar-refractivity contribution in [3.8, 4) is 5.75 Å². The molecular weight excluding hydrogens is 338 g/mol. The Kier molecular flexibility index (Phi) is 5.54. The highest BCUT2D eigenvalue weighted by Gasteiger charge is 2.31. The van der Waals surface area contributed by atoms with E-state index in [1.807, 2.05) is 35.8 Å². The summed E-state index contributed by atoms with van der Waals surface area (Å²) in [7, 11) is 1.64. The molecule has 1 atom stereocenters. The molecule has 2 fully saturated rings. The van der Waals surface area contributed by atoms with Crippen LogP contribution in [0.25, 0.3) is 0 Å². The van der Waals surface area contributed by atoms with Crippen LogP contribution < -0.4 is 10.1 Å². The lowest BCUT2D eigenvalue weighted by Crippen LogP contribution is -2.54. The number of thioether (sulfide) groups is 1. The van der Waals surface area contributed by atoms with Crippen LogP contribution in [-0.4, -0.2) is 72.6 Å². The number of ether oxygens (including phenoxy) is 1. The van der Waals surface area contributed by atoms with Gasteiger partial charge in [-0.1, -0.05) is 0 Å². The van der Waals surface area contributed by atoms with E-state index in [1.165, 1.54) is 0 Å². The fraction of sp³-hybridized carbons (Fsp3) is 0.556. The number of methoxy groups -OCH3 is 1. The molecule has 1 aromatic rings. The van der Waals surface area contributed by atoms with Gasteiger partial charge < -0.3 is 14.5 Å². The minimum Gasteiger partial charge on any atom is -0.496 e. The topological polar surface area (TPSA) is 61.9 Å². The van der Waals surface area contributed by atoms with E-state index in [0.717, 1.165) is 28.5 Å². The Morgan fingerprint density at radius 1 is 1.12 bits per heavy atom. The smallest absolute Gasteiger partial charge is 0.254 e. The summed E-state index contributed by atoms with van der Waals surface area (Å²) in [5.41, 5.74) is 2.58. The lowest BCUT2D eigenvalue weighted by atomic mass is 10.0. The Morgan fingerprint density at radius 3 is 2.40 bits per heavy atom. The zero-order valence-electron chi connectivity index (χ0n) is 15.0. The van der Waals surface area contributed by atoms with Gasteiger partial charge in [-0.15, -0.1) is 11.8 Å². The van der Waals surface area contributed by atoms with Crippen LogP contribution in [0, 0.1) is 13.8 Å². The molecule has 1 unspecified atom stereocenters. The summed E-state index contributed by atoms with van der Waals surface area (Å²) in [4.78, 5) is 29.0. The molecule has 0 spiro atoms. The molecule has 7 heteroatoms. The van der Waals surface area contributed by atoms with Gasteiger partial charge in [-0.2, -0.15) is 0 Å². The number of amides is 2. The van der Waals surface area contributed by atoms with Crippen molar-refractivity contribution in [1.29, 1.82) is 0 Å². The molecule has 0 bridgehead atoms. The van der Waals surface area contributed by atoms with E-state index < -0.39 is 0 Å². The number of nitrogens with one attached hydrogen (secondary N) is 1. The molecule has 0 radical (unpaired) electrons. The van der Waals surface area contributed by atoms with Crippen molar-refractivity contribution in [2.45, 2.75) is 19.9 Å². The summed E-state index contributed by atoms with van der Waals surface area (Å²) in [6.07, 6.45) is 0. The second kappa shape index (κ2) is 7.66. The molecule has 6 nitrogen and oxygen atoms in total. The van der Waals surface area contributed by atoms with Crippen LogP contribution in [0.4, 0.5) is 0 Å². The highest BCUT2D eigenvalue weighted by molar-refractivity contribution is 7.99. The number of rotatable bonds is 3. The van der Waals surface area contributed by atoms with Crippen molar-refractivity contribution in [3.63, 3.8) is 0 Å². The van der Waals surface area contributed by atoms with Crippen molar-refractivity contribution in [3.05, 3.63) is 28.8 Å². The zero-order chi connectivity index (χ0) is 18.0. The van der Waals surface area contributed by atoms with E-state index in [0.29, 0.717) is 31.7 Å². The SMILES string of the molecule is COc1cc(C)c(C(=O)N2CCN(C(=O)C3CSCN3)CC2)cc1C. The number of hydrogen-bond donors (Lipinski definition) is 1. The highest BCUT2D eigenvalue weighted by atomic mass is 32.2. The second-order valence-electron chi connectivity index (χ2n) is 6.53. The van der Waals surface area contributed by atoms with Gasteiger partial charge in [0.25, 0.3) is 5.91 Å². The summed E-state index contributed by atoms with van der Waals surface area (Å²) >= 11 is 1.75. The molecule has 0 aliphatic carbocycles. The fourth-order valence-electron chi connectivity index (χ4n) is 3.31. The van der Waals surface area contributed by atoms with E-state index in [9.17, 15) is 9.59 Å². The Labute approximate surface area is 152 Å². The highest BCUT2D eigenvalue weighted by Crippen LogP contribution is 2.24. The van der Waals surface area contributed by atoms with E-state index in [-0.39, 0.29) is 17.9 Å². The van der Waals surface area contributed by atoms with E-state index in [2.05, 4.69) is 5.32 Å². The third-order valence-electron chi connectivity index (χ3n) is 4.87. The van der Waals surface area contributed by atoms with E-state index in [1.54, 1.807) is 18.9 Å². The molecule has 2 amide bonds. The summed E-state index contributed by atoms with van der Waals surface area (Å²) in [6.45, 7) is 6.23. The normalized spacial score (nSPS) is 20.7. The molecule has 3 rings (SSSR count).